The quantitative estimate of drug-likeness (QED) is 0.490. The van der Waals surface area contributed by atoms with Crippen molar-refractivity contribution in [3.05, 3.63) is 88.4 Å². The van der Waals surface area contributed by atoms with E-state index in [4.69, 9.17) is 21.4 Å². The highest BCUT2D eigenvalue weighted by Crippen LogP contribution is 2.24. The van der Waals surface area contributed by atoms with E-state index >= 15 is 0 Å². The molecule has 0 saturated carbocycles. The first-order chi connectivity index (χ1) is 14.8. The molecule has 0 saturated heterocycles. The van der Waals surface area contributed by atoms with Crippen LogP contribution in [0.4, 0.5) is 0 Å². The van der Waals surface area contributed by atoms with Gasteiger partial charge in [0.1, 0.15) is 5.75 Å². The van der Waals surface area contributed by atoms with Crippen LogP contribution < -0.4 is 10.1 Å². The van der Waals surface area contributed by atoms with E-state index < -0.39 is 5.97 Å². The summed E-state index contributed by atoms with van der Waals surface area (Å²) in [5.74, 6) is -0.659. The van der Waals surface area contributed by atoms with Gasteiger partial charge in [-0.2, -0.15) is 0 Å². The largest absolute Gasteiger partial charge is 0.490 e. The first-order valence-corrected chi connectivity index (χ1v) is 10.4. The number of halogens is 1. The second-order valence-electron chi connectivity index (χ2n) is 7.39. The topological polar surface area (TPSA) is 75.6 Å². The molecule has 3 aromatic rings. The minimum atomic E-state index is -0.940. The molecule has 0 aliphatic heterocycles. The molecule has 0 aliphatic carbocycles. The number of carbonyl (C=O) groups excluding carboxylic acids is 1. The molecular formula is C25H24ClNO4. The maximum Gasteiger partial charge on any atom is 0.335 e. The highest BCUT2D eigenvalue weighted by Gasteiger charge is 2.14. The molecule has 160 valence electrons. The van der Waals surface area contributed by atoms with Crippen molar-refractivity contribution in [3.63, 3.8) is 0 Å². The molecule has 3 aromatic carbocycles. The van der Waals surface area contributed by atoms with Crippen molar-refractivity contribution in [2.75, 3.05) is 6.54 Å². The summed E-state index contributed by atoms with van der Waals surface area (Å²) in [7, 11) is 0. The predicted octanol–water partition coefficient (Wildman–Crippen LogP) is 5.46. The van der Waals surface area contributed by atoms with Crippen molar-refractivity contribution in [1.29, 1.82) is 0 Å². The molecule has 0 radical (unpaired) electrons. The van der Waals surface area contributed by atoms with Crippen LogP contribution in [0.2, 0.25) is 5.02 Å². The number of rotatable bonds is 8. The summed E-state index contributed by atoms with van der Waals surface area (Å²) in [4.78, 5) is 23.6. The molecule has 0 unspecified atom stereocenters. The molecule has 0 aliphatic rings. The Morgan fingerprint density at radius 1 is 0.968 bits per heavy atom. The van der Waals surface area contributed by atoms with Gasteiger partial charge in [-0.3, -0.25) is 4.79 Å². The third-order valence-electron chi connectivity index (χ3n) is 4.67. The van der Waals surface area contributed by atoms with Crippen LogP contribution in [0.1, 0.15) is 40.1 Å². The van der Waals surface area contributed by atoms with E-state index in [1.807, 2.05) is 38.1 Å². The van der Waals surface area contributed by atoms with Crippen LogP contribution in [0.3, 0.4) is 0 Å². The molecule has 0 aromatic heterocycles. The summed E-state index contributed by atoms with van der Waals surface area (Å²) in [5.41, 5.74) is 3.71. The average molecular weight is 438 g/mol. The van der Waals surface area contributed by atoms with E-state index in [9.17, 15) is 9.59 Å². The van der Waals surface area contributed by atoms with Crippen molar-refractivity contribution >= 4 is 23.5 Å². The fourth-order valence-corrected chi connectivity index (χ4v) is 3.29. The zero-order valence-electron chi connectivity index (χ0n) is 17.4. The summed E-state index contributed by atoms with van der Waals surface area (Å²) in [6, 6.07) is 19.8. The maximum absolute atomic E-state index is 12.6. The molecule has 0 atom stereocenters. The lowest BCUT2D eigenvalue weighted by molar-refractivity contribution is 0.0696. The molecule has 31 heavy (non-hydrogen) atoms. The highest BCUT2D eigenvalue weighted by molar-refractivity contribution is 6.31. The van der Waals surface area contributed by atoms with Gasteiger partial charge in [0.25, 0.3) is 5.91 Å². The van der Waals surface area contributed by atoms with E-state index in [2.05, 4.69) is 5.32 Å². The number of benzene rings is 3. The maximum atomic E-state index is 12.6. The Labute approximate surface area is 186 Å². The lowest BCUT2D eigenvalue weighted by Crippen LogP contribution is -2.26. The molecule has 2 N–H and O–H groups in total. The van der Waals surface area contributed by atoms with E-state index in [1.54, 1.807) is 42.5 Å². The number of ether oxygens (including phenoxy) is 1. The fraction of sp³-hybridized carbons (Fsp3) is 0.200. The normalized spacial score (nSPS) is 10.7. The number of carboxylic acid groups (broad SMARTS) is 1. The van der Waals surface area contributed by atoms with Gasteiger partial charge in [-0.25, -0.2) is 4.79 Å². The van der Waals surface area contributed by atoms with E-state index in [-0.39, 0.29) is 17.6 Å². The average Bonchev–Trinajstić information content (AvgIpc) is 2.75. The van der Waals surface area contributed by atoms with Gasteiger partial charge >= 0.3 is 5.97 Å². The minimum Gasteiger partial charge on any atom is -0.490 e. The van der Waals surface area contributed by atoms with Crippen molar-refractivity contribution in [2.24, 2.45) is 0 Å². The van der Waals surface area contributed by atoms with Crippen molar-refractivity contribution < 1.29 is 19.4 Å². The summed E-state index contributed by atoms with van der Waals surface area (Å²) in [5, 5.41) is 12.4. The lowest BCUT2D eigenvalue weighted by atomic mass is 10.0. The summed E-state index contributed by atoms with van der Waals surface area (Å²) in [6.45, 7) is 4.28. The first kappa shape index (κ1) is 22.4. The van der Waals surface area contributed by atoms with Crippen molar-refractivity contribution in [2.45, 2.75) is 26.4 Å². The molecule has 0 fully saturated rings. The SMILES string of the molecule is CC(C)Oc1ccc(Cl)cc1C(=O)NCCc1ccc(-c2ccc(C(=O)O)cc2)cc1. The zero-order chi connectivity index (χ0) is 22.4. The predicted molar refractivity (Wildman–Crippen MR) is 122 cm³/mol. The number of carbonyl (C=O) groups is 2. The molecule has 1 amide bonds. The Morgan fingerprint density at radius 3 is 2.16 bits per heavy atom. The monoisotopic (exact) mass is 437 g/mol. The Balaban J connectivity index is 1.59. The molecule has 6 heteroatoms. The Hall–Kier alpha value is -3.31. The van der Waals surface area contributed by atoms with E-state index in [1.165, 1.54) is 0 Å². The van der Waals surface area contributed by atoms with Crippen LogP contribution in [0, 0.1) is 0 Å². The van der Waals surface area contributed by atoms with Gasteiger partial charge in [-0.15, -0.1) is 0 Å². The minimum absolute atomic E-state index is 0.0495. The Bertz CT molecular complexity index is 1060. The summed E-state index contributed by atoms with van der Waals surface area (Å²) in [6.07, 6.45) is 0.622. The second kappa shape index (κ2) is 10.1. The highest BCUT2D eigenvalue weighted by atomic mass is 35.5. The second-order valence-corrected chi connectivity index (χ2v) is 7.83. The summed E-state index contributed by atoms with van der Waals surface area (Å²) < 4.78 is 5.71. The molecule has 0 bridgehead atoms. The number of carboxylic acids is 1. The van der Waals surface area contributed by atoms with Crippen LogP contribution in [-0.4, -0.2) is 29.6 Å². The third-order valence-corrected chi connectivity index (χ3v) is 4.90. The molecule has 3 rings (SSSR count). The van der Waals surface area contributed by atoms with Gasteiger partial charge in [0.2, 0.25) is 0 Å². The number of nitrogens with one attached hydrogen (secondary N) is 1. The molecule has 5 nitrogen and oxygen atoms in total. The van der Waals surface area contributed by atoms with Gasteiger partial charge in [-0.1, -0.05) is 48.0 Å². The standard InChI is InChI=1S/C25H24ClNO4/c1-16(2)31-23-12-11-21(26)15-22(23)24(28)27-14-13-17-3-5-18(6-4-17)19-7-9-20(10-8-19)25(29)30/h3-12,15-16H,13-14H2,1-2H3,(H,27,28)(H,29,30). The molecular weight excluding hydrogens is 414 g/mol. The first-order valence-electron chi connectivity index (χ1n) is 10.0. The van der Waals surface area contributed by atoms with Crippen molar-refractivity contribution in [1.82, 2.24) is 5.32 Å². The van der Waals surface area contributed by atoms with Gasteiger partial charge in [0.15, 0.2) is 0 Å². The summed E-state index contributed by atoms with van der Waals surface area (Å²) >= 11 is 6.05. The molecule has 0 heterocycles. The lowest BCUT2D eigenvalue weighted by Gasteiger charge is -2.14. The zero-order valence-corrected chi connectivity index (χ0v) is 18.1. The van der Waals surface area contributed by atoms with Crippen LogP contribution in [-0.2, 0) is 6.42 Å². The molecule has 0 spiro atoms. The van der Waals surface area contributed by atoms with Gasteiger partial charge in [-0.05, 0) is 67.3 Å². The van der Waals surface area contributed by atoms with E-state index in [0.717, 1.165) is 16.7 Å². The number of aromatic carboxylic acids is 1. The van der Waals surface area contributed by atoms with E-state index in [0.29, 0.717) is 29.3 Å². The van der Waals surface area contributed by atoms with Crippen LogP contribution in [0.25, 0.3) is 11.1 Å². The van der Waals surface area contributed by atoms with Gasteiger partial charge < -0.3 is 15.2 Å². The number of amides is 1. The van der Waals surface area contributed by atoms with Gasteiger partial charge in [0.05, 0.1) is 17.2 Å². The van der Waals surface area contributed by atoms with Crippen LogP contribution in [0.5, 0.6) is 5.75 Å². The Kier molecular flexibility index (Phi) is 7.32. The van der Waals surface area contributed by atoms with Gasteiger partial charge in [0, 0.05) is 11.6 Å². The third kappa shape index (κ3) is 6.09. The van der Waals surface area contributed by atoms with Crippen LogP contribution >= 0.6 is 11.6 Å². The number of hydrogen-bond donors (Lipinski definition) is 2. The Morgan fingerprint density at radius 2 is 1.58 bits per heavy atom. The fourth-order valence-electron chi connectivity index (χ4n) is 3.12. The van der Waals surface area contributed by atoms with Crippen LogP contribution in [0.15, 0.2) is 66.7 Å². The van der Waals surface area contributed by atoms with Crippen molar-refractivity contribution in [3.8, 4) is 16.9 Å². The number of hydrogen-bond acceptors (Lipinski definition) is 3. The smallest absolute Gasteiger partial charge is 0.335 e.